The Balaban J connectivity index is 1.88. The van der Waals surface area contributed by atoms with Gasteiger partial charge in [0, 0.05) is 37.6 Å². The summed E-state index contributed by atoms with van der Waals surface area (Å²) in [6.07, 6.45) is 5.21. The van der Waals surface area contributed by atoms with Crippen molar-refractivity contribution in [2.24, 2.45) is 7.05 Å². The summed E-state index contributed by atoms with van der Waals surface area (Å²) < 4.78 is 34.9. The van der Waals surface area contributed by atoms with Gasteiger partial charge in [-0.3, -0.25) is 9.67 Å². The fraction of sp³-hybridized carbons (Fsp3) is 0.222. The second-order valence-corrected chi connectivity index (χ2v) is 7.61. The lowest BCUT2D eigenvalue weighted by Crippen LogP contribution is -2.24. The maximum atomic E-state index is 12.7. The average molecular weight is 372 g/mol. The van der Waals surface area contributed by atoms with E-state index in [2.05, 4.69) is 14.8 Å². The van der Waals surface area contributed by atoms with Crippen molar-refractivity contribution in [3.8, 4) is 17.0 Å². The number of pyridine rings is 1. The summed E-state index contributed by atoms with van der Waals surface area (Å²) in [5, 5.41) is 4.15. The Morgan fingerprint density at radius 3 is 2.77 bits per heavy atom. The van der Waals surface area contributed by atoms with Crippen LogP contribution in [0.5, 0.6) is 5.75 Å². The minimum absolute atomic E-state index is 0.122. The summed E-state index contributed by atoms with van der Waals surface area (Å²) in [6, 6.07) is 8.59. The van der Waals surface area contributed by atoms with Crippen LogP contribution in [0, 0.1) is 6.92 Å². The van der Waals surface area contributed by atoms with Gasteiger partial charge in [0.2, 0.25) is 10.0 Å². The van der Waals surface area contributed by atoms with E-state index in [9.17, 15) is 8.42 Å². The molecule has 0 aliphatic carbocycles. The van der Waals surface area contributed by atoms with Gasteiger partial charge in [-0.15, -0.1) is 0 Å². The van der Waals surface area contributed by atoms with Crippen LogP contribution in [-0.4, -0.2) is 30.3 Å². The third-order valence-corrected chi connectivity index (χ3v) is 5.55. The molecule has 3 rings (SSSR count). The van der Waals surface area contributed by atoms with Crippen molar-refractivity contribution in [2.75, 3.05) is 7.11 Å². The number of methoxy groups -OCH3 is 1. The second kappa shape index (κ2) is 7.27. The molecular formula is C18H20N4O3S. The van der Waals surface area contributed by atoms with Crippen LogP contribution >= 0.6 is 0 Å². The van der Waals surface area contributed by atoms with Crippen LogP contribution in [0.15, 0.2) is 53.8 Å². The number of ether oxygens (including phenoxy) is 1. The number of rotatable bonds is 6. The van der Waals surface area contributed by atoms with Crippen molar-refractivity contribution in [1.29, 1.82) is 0 Å². The summed E-state index contributed by atoms with van der Waals surface area (Å²) in [6.45, 7) is 1.87. The minimum Gasteiger partial charge on any atom is -0.497 e. The molecule has 2 heterocycles. The van der Waals surface area contributed by atoms with Gasteiger partial charge in [0.25, 0.3) is 0 Å². The Hall–Kier alpha value is -2.71. The lowest BCUT2D eigenvalue weighted by Gasteiger charge is -2.12. The molecule has 26 heavy (non-hydrogen) atoms. The molecule has 0 aliphatic heterocycles. The van der Waals surface area contributed by atoms with Gasteiger partial charge in [0.15, 0.2) is 0 Å². The number of aryl methyl sites for hydroxylation is 2. The number of benzene rings is 1. The van der Waals surface area contributed by atoms with Gasteiger partial charge in [-0.25, -0.2) is 13.1 Å². The van der Waals surface area contributed by atoms with E-state index in [4.69, 9.17) is 4.74 Å². The molecule has 0 atom stereocenters. The van der Waals surface area contributed by atoms with Gasteiger partial charge < -0.3 is 4.74 Å². The predicted molar refractivity (Wildman–Crippen MR) is 98.2 cm³/mol. The van der Waals surface area contributed by atoms with Crippen molar-refractivity contribution >= 4 is 10.0 Å². The van der Waals surface area contributed by atoms with Crippen LogP contribution in [0.1, 0.15) is 11.1 Å². The SMILES string of the molecule is COc1ccc(C)c(S(=O)(=O)NCc2cccnc2-c2cnn(C)c2)c1. The third-order valence-electron chi connectivity index (χ3n) is 4.01. The average Bonchev–Trinajstić information content (AvgIpc) is 3.07. The Morgan fingerprint density at radius 2 is 2.08 bits per heavy atom. The highest BCUT2D eigenvalue weighted by Gasteiger charge is 2.19. The van der Waals surface area contributed by atoms with E-state index in [0.717, 1.165) is 11.1 Å². The third kappa shape index (κ3) is 3.76. The summed E-state index contributed by atoms with van der Waals surface area (Å²) in [4.78, 5) is 4.57. The van der Waals surface area contributed by atoms with Gasteiger partial charge in [-0.2, -0.15) is 5.10 Å². The van der Waals surface area contributed by atoms with Crippen LogP contribution in [0.25, 0.3) is 11.3 Å². The molecule has 0 bridgehead atoms. The topological polar surface area (TPSA) is 86.1 Å². The van der Waals surface area contributed by atoms with E-state index in [1.165, 1.54) is 13.2 Å². The van der Waals surface area contributed by atoms with Gasteiger partial charge in [-0.1, -0.05) is 12.1 Å². The molecule has 0 amide bonds. The molecule has 8 heteroatoms. The maximum absolute atomic E-state index is 12.7. The van der Waals surface area contributed by atoms with E-state index in [-0.39, 0.29) is 11.4 Å². The minimum atomic E-state index is -3.69. The van der Waals surface area contributed by atoms with Gasteiger partial charge in [0.05, 0.1) is 23.9 Å². The molecule has 1 aromatic carbocycles. The first kappa shape index (κ1) is 18.1. The van der Waals surface area contributed by atoms with Crippen molar-refractivity contribution < 1.29 is 13.2 Å². The summed E-state index contributed by atoms with van der Waals surface area (Å²) >= 11 is 0. The number of aromatic nitrogens is 3. The van der Waals surface area contributed by atoms with Crippen LogP contribution in [-0.2, 0) is 23.6 Å². The Kier molecular flexibility index (Phi) is 5.06. The molecule has 0 saturated carbocycles. The number of hydrogen-bond acceptors (Lipinski definition) is 5. The highest BCUT2D eigenvalue weighted by Crippen LogP contribution is 2.23. The van der Waals surface area contributed by atoms with Crippen molar-refractivity contribution in [3.63, 3.8) is 0 Å². The zero-order valence-electron chi connectivity index (χ0n) is 14.8. The van der Waals surface area contributed by atoms with Crippen molar-refractivity contribution in [2.45, 2.75) is 18.4 Å². The molecule has 0 fully saturated rings. The molecule has 0 unspecified atom stereocenters. The zero-order chi connectivity index (χ0) is 18.7. The van der Waals surface area contributed by atoms with E-state index >= 15 is 0 Å². The summed E-state index contributed by atoms with van der Waals surface area (Å²) in [5.74, 6) is 0.494. The smallest absolute Gasteiger partial charge is 0.241 e. The first-order valence-electron chi connectivity index (χ1n) is 7.98. The molecule has 7 nitrogen and oxygen atoms in total. The molecule has 0 spiro atoms. The molecule has 136 valence electrons. The van der Waals surface area contributed by atoms with E-state index in [1.807, 2.05) is 19.3 Å². The first-order valence-corrected chi connectivity index (χ1v) is 9.46. The Bertz CT molecular complexity index is 1030. The molecule has 1 N–H and O–H groups in total. The van der Waals surface area contributed by atoms with Crippen LogP contribution < -0.4 is 9.46 Å². The predicted octanol–water partition coefficient (Wildman–Crippen LogP) is 2.28. The zero-order valence-corrected chi connectivity index (χ0v) is 15.6. The standard InChI is InChI=1S/C18H20N4O3S/c1-13-6-7-16(25-3)9-17(13)26(23,24)21-11-14-5-4-8-19-18(14)15-10-20-22(2)12-15/h4-10,12,21H,11H2,1-3H3. The van der Waals surface area contributed by atoms with Gasteiger partial charge >= 0.3 is 0 Å². The van der Waals surface area contributed by atoms with Crippen LogP contribution in [0.4, 0.5) is 0 Å². The van der Waals surface area contributed by atoms with Crippen molar-refractivity contribution in [1.82, 2.24) is 19.5 Å². The van der Waals surface area contributed by atoms with Crippen LogP contribution in [0.2, 0.25) is 0 Å². The molecule has 0 aliphatic rings. The number of sulfonamides is 1. The lowest BCUT2D eigenvalue weighted by molar-refractivity contribution is 0.413. The summed E-state index contributed by atoms with van der Waals surface area (Å²) in [7, 11) is -0.370. The van der Waals surface area contributed by atoms with Crippen LogP contribution in [0.3, 0.4) is 0 Å². The summed E-state index contributed by atoms with van der Waals surface area (Å²) in [5.41, 5.74) is 2.95. The van der Waals surface area contributed by atoms with E-state index in [0.29, 0.717) is 17.0 Å². The number of nitrogens with one attached hydrogen (secondary N) is 1. The first-order chi connectivity index (χ1) is 12.4. The fourth-order valence-corrected chi connectivity index (χ4v) is 3.90. The maximum Gasteiger partial charge on any atom is 0.241 e. The van der Waals surface area contributed by atoms with Gasteiger partial charge in [0.1, 0.15) is 5.75 Å². The van der Waals surface area contributed by atoms with Crippen molar-refractivity contribution in [3.05, 3.63) is 60.0 Å². The fourth-order valence-electron chi connectivity index (χ4n) is 2.63. The van der Waals surface area contributed by atoms with E-state index in [1.54, 1.807) is 42.2 Å². The Labute approximate surface area is 152 Å². The molecular weight excluding hydrogens is 352 g/mol. The normalized spacial score (nSPS) is 11.5. The highest BCUT2D eigenvalue weighted by molar-refractivity contribution is 7.89. The highest BCUT2D eigenvalue weighted by atomic mass is 32.2. The quantitative estimate of drug-likeness (QED) is 0.717. The lowest BCUT2D eigenvalue weighted by atomic mass is 10.1. The molecule has 0 radical (unpaired) electrons. The second-order valence-electron chi connectivity index (χ2n) is 5.87. The number of hydrogen-bond donors (Lipinski definition) is 1. The van der Waals surface area contributed by atoms with Gasteiger partial charge in [-0.05, 0) is 30.2 Å². The molecule has 3 aromatic rings. The Morgan fingerprint density at radius 1 is 1.27 bits per heavy atom. The monoisotopic (exact) mass is 372 g/mol. The number of nitrogens with zero attached hydrogens (tertiary/aromatic N) is 3. The molecule has 2 aromatic heterocycles. The van der Waals surface area contributed by atoms with E-state index < -0.39 is 10.0 Å². The molecule has 0 saturated heterocycles. The largest absolute Gasteiger partial charge is 0.497 e.